The lowest BCUT2D eigenvalue weighted by Gasteiger charge is -2.17. The summed E-state index contributed by atoms with van der Waals surface area (Å²) >= 11 is 3.44. The summed E-state index contributed by atoms with van der Waals surface area (Å²) in [5.74, 6) is 0. The third-order valence-corrected chi connectivity index (χ3v) is 2.59. The summed E-state index contributed by atoms with van der Waals surface area (Å²) in [5.41, 5.74) is 1.27. The number of nitrogens with one attached hydrogen (secondary N) is 1. The molecular weight excluding hydrogens is 240 g/mol. The van der Waals surface area contributed by atoms with Crippen LogP contribution in [-0.2, 0) is 0 Å². The van der Waals surface area contributed by atoms with Crippen LogP contribution < -0.4 is 5.32 Å². The summed E-state index contributed by atoms with van der Waals surface area (Å²) in [6, 6.07) is 2.57. The number of halogens is 1. The van der Waals surface area contributed by atoms with Crippen LogP contribution in [0.2, 0.25) is 0 Å². The molecule has 14 heavy (non-hydrogen) atoms. The summed E-state index contributed by atoms with van der Waals surface area (Å²) in [6.07, 6.45) is 6.10. The van der Waals surface area contributed by atoms with Gasteiger partial charge in [0.05, 0.1) is 0 Å². The molecule has 0 aromatic carbocycles. The molecule has 0 aliphatic heterocycles. The fourth-order valence-electron chi connectivity index (χ4n) is 1.54. The van der Waals surface area contributed by atoms with Gasteiger partial charge in [-0.25, -0.2) is 0 Å². The number of hydrogen-bond acceptors (Lipinski definition) is 2. The van der Waals surface area contributed by atoms with Gasteiger partial charge in [-0.3, -0.25) is 4.98 Å². The second-order valence-corrected chi connectivity index (χ2v) is 4.25. The Kier molecular flexibility index (Phi) is 5.12. The molecule has 1 aromatic rings. The molecule has 1 heterocycles. The molecule has 0 amide bonds. The van der Waals surface area contributed by atoms with Gasteiger partial charge in [-0.1, -0.05) is 20.3 Å². The van der Waals surface area contributed by atoms with E-state index in [1.54, 1.807) is 0 Å². The van der Waals surface area contributed by atoms with E-state index in [2.05, 4.69) is 46.1 Å². The zero-order valence-corrected chi connectivity index (χ0v) is 10.3. The Morgan fingerprint density at radius 3 is 2.79 bits per heavy atom. The molecule has 1 N–H and O–H groups in total. The highest BCUT2D eigenvalue weighted by molar-refractivity contribution is 9.10. The van der Waals surface area contributed by atoms with E-state index < -0.39 is 0 Å². The average Bonchev–Trinajstić information content (AvgIpc) is 2.17. The lowest BCUT2D eigenvalue weighted by Crippen LogP contribution is -2.20. The number of hydrogen-bond donors (Lipinski definition) is 1. The van der Waals surface area contributed by atoms with E-state index in [0.717, 1.165) is 17.4 Å². The number of aromatic nitrogens is 1. The van der Waals surface area contributed by atoms with Gasteiger partial charge in [-0.05, 0) is 40.5 Å². The first-order valence-electron chi connectivity index (χ1n) is 5.11. The SMILES string of the molecule is CCCC(NCC)c1cncc(Br)c1. The Labute approximate surface area is 94.3 Å². The first-order valence-corrected chi connectivity index (χ1v) is 5.91. The molecule has 1 unspecified atom stereocenters. The van der Waals surface area contributed by atoms with E-state index >= 15 is 0 Å². The van der Waals surface area contributed by atoms with Gasteiger partial charge >= 0.3 is 0 Å². The van der Waals surface area contributed by atoms with Crippen LogP contribution in [0.25, 0.3) is 0 Å². The molecule has 1 atom stereocenters. The van der Waals surface area contributed by atoms with Crippen LogP contribution in [0.5, 0.6) is 0 Å². The third kappa shape index (κ3) is 3.39. The Morgan fingerprint density at radius 1 is 1.43 bits per heavy atom. The third-order valence-electron chi connectivity index (χ3n) is 2.16. The minimum Gasteiger partial charge on any atom is -0.310 e. The molecule has 0 bridgehead atoms. The van der Waals surface area contributed by atoms with Crippen molar-refractivity contribution in [2.24, 2.45) is 0 Å². The maximum Gasteiger partial charge on any atom is 0.0410 e. The Morgan fingerprint density at radius 2 is 2.21 bits per heavy atom. The monoisotopic (exact) mass is 256 g/mol. The molecule has 0 radical (unpaired) electrons. The Bertz CT molecular complexity index is 270. The zero-order chi connectivity index (χ0) is 10.4. The fraction of sp³-hybridized carbons (Fsp3) is 0.545. The number of pyridine rings is 1. The molecule has 0 saturated carbocycles. The average molecular weight is 257 g/mol. The van der Waals surface area contributed by atoms with E-state index in [0.29, 0.717) is 6.04 Å². The maximum atomic E-state index is 4.18. The van der Waals surface area contributed by atoms with Gasteiger partial charge in [0.15, 0.2) is 0 Å². The molecule has 1 rings (SSSR count). The fourth-order valence-corrected chi connectivity index (χ4v) is 1.92. The van der Waals surface area contributed by atoms with Gasteiger partial charge in [0.1, 0.15) is 0 Å². The summed E-state index contributed by atoms with van der Waals surface area (Å²) < 4.78 is 1.05. The highest BCUT2D eigenvalue weighted by atomic mass is 79.9. The minimum absolute atomic E-state index is 0.440. The normalized spacial score (nSPS) is 12.8. The van der Waals surface area contributed by atoms with Gasteiger partial charge in [0, 0.05) is 22.9 Å². The van der Waals surface area contributed by atoms with E-state index in [1.807, 2.05) is 12.4 Å². The Hall–Kier alpha value is -0.410. The van der Waals surface area contributed by atoms with Gasteiger partial charge in [-0.15, -0.1) is 0 Å². The largest absolute Gasteiger partial charge is 0.310 e. The quantitative estimate of drug-likeness (QED) is 0.875. The van der Waals surface area contributed by atoms with Crippen molar-refractivity contribution in [3.05, 3.63) is 28.5 Å². The van der Waals surface area contributed by atoms with Crippen LogP contribution in [0.15, 0.2) is 22.9 Å². The zero-order valence-electron chi connectivity index (χ0n) is 8.76. The van der Waals surface area contributed by atoms with Gasteiger partial charge in [-0.2, -0.15) is 0 Å². The molecule has 78 valence electrons. The van der Waals surface area contributed by atoms with Crippen LogP contribution in [0.1, 0.15) is 38.3 Å². The van der Waals surface area contributed by atoms with Crippen LogP contribution in [-0.4, -0.2) is 11.5 Å². The first-order chi connectivity index (χ1) is 6.77. The topological polar surface area (TPSA) is 24.9 Å². The van der Waals surface area contributed by atoms with Crippen molar-refractivity contribution in [1.82, 2.24) is 10.3 Å². The van der Waals surface area contributed by atoms with Crippen molar-refractivity contribution in [2.45, 2.75) is 32.7 Å². The predicted octanol–water partition coefficient (Wildman–Crippen LogP) is 3.29. The molecule has 2 nitrogen and oxygen atoms in total. The summed E-state index contributed by atoms with van der Waals surface area (Å²) in [6.45, 7) is 5.33. The summed E-state index contributed by atoms with van der Waals surface area (Å²) in [7, 11) is 0. The molecule has 0 fully saturated rings. The van der Waals surface area contributed by atoms with Crippen molar-refractivity contribution in [3.63, 3.8) is 0 Å². The molecule has 0 spiro atoms. The minimum atomic E-state index is 0.440. The highest BCUT2D eigenvalue weighted by Gasteiger charge is 2.09. The first kappa shape index (κ1) is 11.7. The van der Waals surface area contributed by atoms with Crippen LogP contribution in [0, 0.1) is 0 Å². The molecule has 0 aliphatic carbocycles. The van der Waals surface area contributed by atoms with Gasteiger partial charge in [0.2, 0.25) is 0 Å². The molecular formula is C11H17BrN2. The molecule has 0 saturated heterocycles. The van der Waals surface area contributed by atoms with Crippen LogP contribution in [0.3, 0.4) is 0 Å². The smallest absolute Gasteiger partial charge is 0.0410 e. The van der Waals surface area contributed by atoms with E-state index in [4.69, 9.17) is 0 Å². The molecule has 0 aliphatic rings. The number of nitrogens with zero attached hydrogens (tertiary/aromatic N) is 1. The molecule has 1 aromatic heterocycles. The van der Waals surface area contributed by atoms with Gasteiger partial charge < -0.3 is 5.32 Å². The number of rotatable bonds is 5. The second-order valence-electron chi connectivity index (χ2n) is 3.34. The lowest BCUT2D eigenvalue weighted by molar-refractivity contribution is 0.508. The van der Waals surface area contributed by atoms with Crippen molar-refractivity contribution in [1.29, 1.82) is 0 Å². The summed E-state index contributed by atoms with van der Waals surface area (Å²) in [5, 5.41) is 3.47. The van der Waals surface area contributed by atoms with E-state index in [9.17, 15) is 0 Å². The Balaban J connectivity index is 2.75. The van der Waals surface area contributed by atoms with Crippen molar-refractivity contribution in [2.75, 3.05) is 6.54 Å². The highest BCUT2D eigenvalue weighted by Crippen LogP contribution is 2.20. The molecule has 3 heteroatoms. The lowest BCUT2D eigenvalue weighted by atomic mass is 10.0. The second kappa shape index (κ2) is 6.14. The van der Waals surface area contributed by atoms with Crippen molar-refractivity contribution < 1.29 is 0 Å². The summed E-state index contributed by atoms with van der Waals surface area (Å²) in [4.78, 5) is 4.18. The van der Waals surface area contributed by atoms with E-state index in [-0.39, 0.29) is 0 Å². The van der Waals surface area contributed by atoms with Crippen LogP contribution >= 0.6 is 15.9 Å². The predicted molar refractivity (Wildman–Crippen MR) is 63.3 cm³/mol. The standard InChI is InChI=1S/C11H17BrN2/c1-3-5-11(14-4-2)9-6-10(12)8-13-7-9/h6-8,11,14H,3-5H2,1-2H3. The van der Waals surface area contributed by atoms with Gasteiger partial charge in [0.25, 0.3) is 0 Å². The maximum absolute atomic E-state index is 4.18. The van der Waals surface area contributed by atoms with Crippen molar-refractivity contribution >= 4 is 15.9 Å². The van der Waals surface area contributed by atoms with Crippen molar-refractivity contribution in [3.8, 4) is 0 Å². The van der Waals surface area contributed by atoms with E-state index in [1.165, 1.54) is 12.0 Å². The van der Waals surface area contributed by atoms with Crippen LogP contribution in [0.4, 0.5) is 0 Å².